The van der Waals surface area contributed by atoms with Crippen molar-refractivity contribution in [2.45, 2.75) is 58.0 Å². The molecule has 0 spiro atoms. The molecule has 9 heteroatoms. The minimum atomic E-state index is -0.488. The molecule has 0 aromatic carbocycles. The molecule has 0 radical (unpaired) electrons. The van der Waals surface area contributed by atoms with Crippen LogP contribution in [0.2, 0.25) is 0 Å². The van der Waals surface area contributed by atoms with Crippen LogP contribution in [0.1, 0.15) is 58.1 Å². The van der Waals surface area contributed by atoms with E-state index in [1.54, 1.807) is 6.20 Å². The maximum atomic E-state index is 11.9. The molecule has 4 rings (SSSR count). The lowest BCUT2D eigenvalue weighted by atomic mass is 9.98. The fraction of sp³-hybridized carbons (Fsp3) is 0.619. The van der Waals surface area contributed by atoms with E-state index in [2.05, 4.69) is 41.8 Å². The maximum absolute atomic E-state index is 11.9. The molecule has 3 heterocycles. The topological polar surface area (TPSA) is 108 Å². The summed E-state index contributed by atoms with van der Waals surface area (Å²) in [5, 5.41) is 13.6. The van der Waals surface area contributed by atoms with Gasteiger partial charge in [0.25, 0.3) is 0 Å². The largest absolute Gasteiger partial charge is 0.444 e. The van der Waals surface area contributed by atoms with E-state index >= 15 is 0 Å². The number of aromatic amines is 1. The molecular formula is C21H31N7O2. The molecule has 1 saturated heterocycles. The Balaban J connectivity index is 1.32. The van der Waals surface area contributed by atoms with Crippen molar-refractivity contribution >= 4 is 23.7 Å². The third-order valence-electron chi connectivity index (χ3n) is 5.25. The number of alkyl carbamates (subject to hydrolysis) is 1. The predicted octanol–water partition coefficient (Wildman–Crippen LogP) is 3.56. The molecular weight excluding hydrogens is 382 g/mol. The highest BCUT2D eigenvalue weighted by atomic mass is 16.6. The monoisotopic (exact) mass is 413 g/mol. The number of H-pyrrole nitrogens is 1. The first-order valence-corrected chi connectivity index (χ1v) is 10.7. The van der Waals surface area contributed by atoms with E-state index in [0.717, 1.165) is 37.6 Å². The Labute approximate surface area is 177 Å². The van der Waals surface area contributed by atoms with Gasteiger partial charge in [0.05, 0.1) is 0 Å². The summed E-state index contributed by atoms with van der Waals surface area (Å²) in [7, 11) is 0. The average molecular weight is 414 g/mol. The number of rotatable bonds is 6. The van der Waals surface area contributed by atoms with Crippen LogP contribution in [0.5, 0.6) is 0 Å². The Morgan fingerprint density at radius 1 is 1.30 bits per heavy atom. The number of nitrogens with one attached hydrogen (secondary N) is 3. The summed E-state index contributed by atoms with van der Waals surface area (Å²) in [6, 6.07) is 3.90. The van der Waals surface area contributed by atoms with E-state index < -0.39 is 5.60 Å². The van der Waals surface area contributed by atoms with Gasteiger partial charge >= 0.3 is 6.09 Å². The lowest BCUT2D eigenvalue weighted by Crippen LogP contribution is -2.42. The van der Waals surface area contributed by atoms with Crippen molar-refractivity contribution in [3.8, 4) is 0 Å². The summed E-state index contributed by atoms with van der Waals surface area (Å²) in [4.78, 5) is 23.2. The van der Waals surface area contributed by atoms with Crippen molar-refractivity contribution in [3.63, 3.8) is 0 Å². The summed E-state index contributed by atoms with van der Waals surface area (Å²) in [5.74, 6) is 3.16. The van der Waals surface area contributed by atoms with Crippen LogP contribution in [0.25, 0.3) is 0 Å². The quantitative estimate of drug-likeness (QED) is 0.664. The molecule has 0 bridgehead atoms. The second kappa shape index (κ2) is 8.49. The molecule has 2 fully saturated rings. The zero-order valence-electron chi connectivity index (χ0n) is 17.9. The molecule has 1 amide bonds. The normalized spacial score (nSPS) is 19.4. The van der Waals surface area contributed by atoms with E-state index in [0.29, 0.717) is 24.3 Å². The van der Waals surface area contributed by atoms with Gasteiger partial charge in [-0.2, -0.15) is 10.1 Å². The third kappa shape index (κ3) is 5.61. The summed E-state index contributed by atoms with van der Waals surface area (Å²) in [6.07, 6.45) is 5.96. The number of hydrogen-bond acceptors (Lipinski definition) is 7. The van der Waals surface area contributed by atoms with Crippen LogP contribution in [0.3, 0.4) is 0 Å². The molecule has 30 heavy (non-hydrogen) atoms. The lowest BCUT2D eigenvalue weighted by molar-refractivity contribution is 0.0517. The summed E-state index contributed by atoms with van der Waals surface area (Å²) >= 11 is 0. The van der Waals surface area contributed by atoms with Crippen LogP contribution in [0, 0.1) is 5.92 Å². The van der Waals surface area contributed by atoms with Gasteiger partial charge in [-0.05, 0) is 58.4 Å². The Kier molecular flexibility index (Phi) is 5.78. The van der Waals surface area contributed by atoms with Gasteiger partial charge in [0.2, 0.25) is 5.95 Å². The molecule has 3 N–H and O–H groups in total. The molecule has 1 saturated carbocycles. The second-order valence-corrected chi connectivity index (χ2v) is 9.19. The highest BCUT2D eigenvalue weighted by Crippen LogP contribution is 2.39. The Hall–Kier alpha value is -2.84. The van der Waals surface area contributed by atoms with Crippen LogP contribution in [0.4, 0.5) is 22.4 Å². The molecule has 1 atom stereocenters. The zero-order chi connectivity index (χ0) is 21.1. The Bertz CT molecular complexity index is 872. The Morgan fingerprint density at radius 3 is 2.90 bits per heavy atom. The Morgan fingerprint density at radius 2 is 2.13 bits per heavy atom. The minimum absolute atomic E-state index is 0.332. The van der Waals surface area contributed by atoms with Crippen molar-refractivity contribution < 1.29 is 9.53 Å². The van der Waals surface area contributed by atoms with E-state index in [1.807, 2.05) is 26.8 Å². The molecule has 9 nitrogen and oxygen atoms in total. The van der Waals surface area contributed by atoms with Crippen LogP contribution in [0.15, 0.2) is 18.3 Å². The summed E-state index contributed by atoms with van der Waals surface area (Å²) in [5.41, 5.74) is 0.695. The van der Waals surface area contributed by atoms with Crippen LogP contribution >= 0.6 is 0 Å². The summed E-state index contributed by atoms with van der Waals surface area (Å²) in [6.45, 7) is 7.88. The maximum Gasteiger partial charge on any atom is 0.407 e. The molecule has 1 unspecified atom stereocenters. The van der Waals surface area contributed by atoms with Crippen molar-refractivity contribution in [1.82, 2.24) is 25.5 Å². The number of carbonyl (C=O) groups excluding carboxylic acids is 1. The zero-order valence-corrected chi connectivity index (χ0v) is 17.9. The SMILES string of the molecule is CC(C)(C)OC(=O)NCC1CCCN(c2nccc(Nc3cc(C4CC4)[nH]n3)n2)C1. The van der Waals surface area contributed by atoms with Gasteiger partial charge in [0.1, 0.15) is 11.4 Å². The number of carbonyl (C=O) groups is 1. The van der Waals surface area contributed by atoms with Crippen LogP contribution in [-0.4, -0.2) is 51.5 Å². The van der Waals surface area contributed by atoms with Gasteiger partial charge in [-0.1, -0.05) is 0 Å². The number of ether oxygens (including phenoxy) is 1. The van der Waals surface area contributed by atoms with Crippen molar-refractivity contribution in [2.24, 2.45) is 5.92 Å². The fourth-order valence-electron chi connectivity index (χ4n) is 3.66. The molecule has 2 aromatic rings. The highest BCUT2D eigenvalue weighted by molar-refractivity contribution is 5.67. The first-order chi connectivity index (χ1) is 14.4. The first kappa shape index (κ1) is 20.4. The fourth-order valence-corrected chi connectivity index (χ4v) is 3.66. The standard InChI is InChI=1S/C21H31N7O2/c1-21(2,3)30-20(29)23-12-14-5-4-10-28(13-14)19-22-9-8-17(25-19)24-18-11-16(26-27-18)15-6-7-15/h8-9,11,14-15H,4-7,10,12-13H2,1-3H3,(H,23,29)(H2,22,24,25,26,27). The molecule has 2 aliphatic rings. The smallest absolute Gasteiger partial charge is 0.407 e. The van der Waals surface area contributed by atoms with E-state index in [4.69, 9.17) is 4.74 Å². The predicted molar refractivity (Wildman–Crippen MR) is 115 cm³/mol. The number of nitrogens with zero attached hydrogens (tertiary/aromatic N) is 4. The average Bonchev–Trinajstić information content (AvgIpc) is 3.45. The minimum Gasteiger partial charge on any atom is -0.444 e. The second-order valence-electron chi connectivity index (χ2n) is 9.19. The van der Waals surface area contributed by atoms with E-state index in [1.165, 1.54) is 18.5 Å². The molecule has 1 aliphatic carbocycles. The molecule has 2 aromatic heterocycles. The highest BCUT2D eigenvalue weighted by Gasteiger charge is 2.26. The van der Waals surface area contributed by atoms with Crippen LogP contribution < -0.4 is 15.5 Å². The number of amides is 1. The van der Waals surface area contributed by atoms with Crippen LogP contribution in [-0.2, 0) is 4.74 Å². The van der Waals surface area contributed by atoms with Gasteiger partial charge in [0, 0.05) is 43.5 Å². The number of piperidine rings is 1. The van der Waals surface area contributed by atoms with Gasteiger partial charge in [0.15, 0.2) is 5.82 Å². The van der Waals surface area contributed by atoms with Gasteiger partial charge in [-0.3, -0.25) is 5.10 Å². The van der Waals surface area contributed by atoms with E-state index in [9.17, 15) is 4.79 Å². The first-order valence-electron chi connectivity index (χ1n) is 10.7. The number of aromatic nitrogens is 4. The van der Waals surface area contributed by atoms with Crippen molar-refractivity contribution in [3.05, 3.63) is 24.0 Å². The third-order valence-corrected chi connectivity index (χ3v) is 5.25. The number of hydrogen-bond donors (Lipinski definition) is 3. The van der Waals surface area contributed by atoms with Crippen molar-refractivity contribution in [1.29, 1.82) is 0 Å². The van der Waals surface area contributed by atoms with Gasteiger partial charge in [-0.25, -0.2) is 9.78 Å². The lowest BCUT2D eigenvalue weighted by Gasteiger charge is -2.33. The summed E-state index contributed by atoms with van der Waals surface area (Å²) < 4.78 is 5.33. The number of anilines is 3. The van der Waals surface area contributed by atoms with E-state index in [-0.39, 0.29) is 6.09 Å². The van der Waals surface area contributed by atoms with Gasteiger partial charge in [-0.15, -0.1) is 0 Å². The molecule has 1 aliphatic heterocycles. The van der Waals surface area contributed by atoms with Gasteiger partial charge < -0.3 is 20.3 Å². The molecule has 162 valence electrons. The van der Waals surface area contributed by atoms with Crippen molar-refractivity contribution in [2.75, 3.05) is 29.9 Å².